The molecule has 7 rings (SSSR count). The molecule has 3 atom stereocenters. The van der Waals surface area contributed by atoms with E-state index >= 15 is 0 Å². The van der Waals surface area contributed by atoms with Crippen molar-refractivity contribution >= 4 is 61.3 Å². The predicted molar refractivity (Wildman–Crippen MR) is 157 cm³/mol. The van der Waals surface area contributed by atoms with Crippen molar-refractivity contribution in [2.45, 2.75) is 38.4 Å². The average Bonchev–Trinajstić information content (AvgIpc) is 3.36. The number of likely N-dealkylation sites (tertiary alicyclic amines) is 1. The van der Waals surface area contributed by atoms with E-state index in [1.807, 2.05) is 22.8 Å². The second-order valence-electron chi connectivity index (χ2n) is 11.0. The van der Waals surface area contributed by atoms with Gasteiger partial charge in [-0.3, -0.25) is 9.59 Å². The summed E-state index contributed by atoms with van der Waals surface area (Å²) >= 11 is 3.33. The van der Waals surface area contributed by atoms with Crippen LogP contribution in [0.1, 0.15) is 19.8 Å². The fourth-order valence-electron chi connectivity index (χ4n) is 6.18. The van der Waals surface area contributed by atoms with Gasteiger partial charge in [0.25, 0.3) is 0 Å². The molecule has 206 valence electrons. The van der Waals surface area contributed by atoms with Gasteiger partial charge in [0.1, 0.15) is 46.6 Å². The Morgan fingerprint density at radius 3 is 2.66 bits per heavy atom. The van der Waals surface area contributed by atoms with Crippen molar-refractivity contribution in [2.24, 2.45) is 5.41 Å². The summed E-state index contributed by atoms with van der Waals surface area (Å²) in [5, 5.41) is 4.31. The van der Waals surface area contributed by atoms with E-state index in [4.69, 9.17) is 5.73 Å². The molecule has 1 saturated carbocycles. The van der Waals surface area contributed by atoms with E-state index in [0.29, 0.717) is 33.7 Å². The summed E-state index contributed by atoms with van der Waals surface area (Å²) in [6.45, 7) is 2.10. The number of pyridine rings is 1. The van der Waals surface area contributed by atoms with Gasteiger partial charge in [-0.25, -0.2) is 19.3 Å². The van der Waals surface area contributed by atoms with Gasteiger partial charge in [0.15, 0.2) is 0 Å². The highest BCUT2D eigenvalue weighted by atomic mass is 79.9. The lowest BCUT2D eigenvalue weighted by Gasteiger charge is -2.27. The van der Waals surface area contributed by atoms with E-state index in [0.717, 1.165) is 28.5 Å². The molecule has 2 aliphatic rings. The number of amides is 2. The number of anilines is 2. The molecule has 4 heterocycles. The third kappa shape index (κ3) is 4.31. The second kappa shape index (κ2) is 9.34. The lowest BCUT2D eigenvalue weighted by Crippen LogP contribution is -2.46. The van der Waals surface area contributed by atoms with Gasteiger partial charge in [0.2, 0.25) is 11.8 Å². The fourth-order valence-corrected chi connectivity index (χ4v) is 6.53. The topological polar surface area (TPSA) is 119 Å². The van der Waals surface area contributed by atoms with Crippen molar-refractivity contribution in [2.75, 3.05) is 11.1 Å². The number of nitrogens with two attached hydrogens (primary N) is 1. The van der Waals surface area contributed by atoms with Crippen LogP contribution in [0, 0.1) is 11.2 Å². The molecule has 3 aromatic heterocycles. The van der Waals surface area contributed by atoms with Crippen molar-refractivity contribution in [1.29, 1.82) is 0 Å². The van der Waals surface area contributed by atoms with E-state index in [1.54, 1.807) is 35.2 Å². The molecule has 11 heteroatoms. The molecular weight excluding hydrogens is 589 g/mol. The number of carbonyl (C=O) groups is 2. The largest absolute Gasteiger partial charge is 0.383 e. The van der Waals surface area contributed by atoms with Gasteiger partial charge >= 0.3 is 0 Å². The summed E-state index contributed by atoms with van der Waals surface area (Å²) < 4.78 is 16.0. The van der Waals surface area contributed by atoms with Gasteiger partial charge < -0.3 is 20.5 Å². The molecule has 0 spiro atoms. The Kier molecular flexibility index (Phi) is 5.82. The Balaban J connectivity index is 1.24. The zero-order valence-corrected chi connectivity index (χ0v) is 23.6. The Morgan fingerprint density at radius 1 is 1.10 bits per heavy atom. The molecule has 1 aliphatic heterocycles. The SMILES string of the molecule is C[C@@]12C[C@@H](C(=O)Nc3cccc(Br)n3)N(C(=O)Cn3c4ccc(-c5ccc(F)cc5)cc4c4c(N)ncnc43)[C@@H]1C2. The number of benzene rings is 2. The number of rotatable bonds is 5. The zero-order chi connectivity index (χ0) is 28.5. The Hall–Kier alpha value is -4.38. The molecule has 1 aliphatic carbocycles. The molecule has 2 aromatic carbocycles. The highest BCUT2D eigenvalue weighted by molar-refractivity contribution is 9.10. The highest BCUT2D eigenvalue weighted by Crippen LogP contribution is 2.59. The van der Waals surface area contributed by atoms with Gasteiger partial charge in [-0.15, -0.1) is 0 Å². The van der Waals surface area contributed by atoms with E-state index in [1.165, 1.54) is 18.5 Å². The van der Waals surface area contributed by atoms with Crippen LogP contribution in [0.25, 0.3) is 33.1 Å². The summed E-state index contributed by atoms with van der Waals surface area (Å²) in [6, 6.07) is 16.7. The summed E-state index contributed by atoms with van der Waals surface area (Å²) in [5.74, 6) is -0.00497. The smallest absolute Gasteiger partial charge is 0.248 e. The maximum absolute atomic E-state index is 14.0. The number of hydrogen-bond donors (Lipinski definition) is 2. The summed E-state index contributed by atoms with van der Waals surface area (Å²) in [6.07, 6.45) is 2.83. The Labute approximate surface area is 242 Å². The number of fused-ring (bicyclic) bond motifs is 4. The maximum atomic E-state index is 14.0. The molecule has 5 aromatic rings. The number of nitrogens with one attached hydrogen (secondary N) is 1. The Bertz CT molecular complexity index is 1870. The van der Waals surface area contributed by atoms with Gasteiger partial charge in [-0.2, -0.15) is 0 Å². The molecular formula is C30H25BrFN7O2. The Morgan fingerprint density at radius 2 is 1.88 bits per heavy atom. The van der Waals surface area contributed by atoms with Crippen LogP contribution in [0.5, 0.6) is 0 Å². The van der Waals surface area contributed by atoms with Gasteiger partial charge in [-0.05, 0) is 81.7 Å². The third-order valence-electron chi connectivity index (χ3n) is 8.33. The molecule has 0 radical (unpaired) electrons. The third-order valence-corrected chi connectivity index (χ3v) is 8.77. The molecule has 0 bridgehead atoms. The predicted octanol–water partition coefficient (Wildman–Crippen LogP) is 5.15. The minimum absolute atomic E-state index is 0.000849. The second-order valence-corrected chi connectivity index (χ2v) is 11.8. The minimum Gasteiger partial charge on any atom is -0.383 e. The van der Waals surface area contributed by atoms with Crippen LogP contribution < -0.4 is 11.1 Å². The number of aromatic nitrogens is 4. The first-order chi connectivity index (χ1) is 19.7. The number of nitrogens with zero attached hydrogens (tertiary/aromatic N) is 5. The van der Waals surface area contributed by atoms with Crippen molar-refractivity contribution < 1.29 is 14.0 Å². The quantitative estimate of drug-likeness (QED) is 0.265. The van der Waals surface area contributed by atoms with E-state index in [9.17, 15) is 14.0 Å². The first-order valence-corrected chi connectivity index (χ1v) is 14.0. The summed E-state index contributed by atoms with van der Waals surface area (Å²) in [5.41, 5.74) is 9.26. The van der Waals surface area contributed by atoms with Gasteiger partial charge in [-0.1, -0.05) is 31.2 Å². The van der Waals surface area contributed by atoms with Gasteiger partial charge in [0.05, 0.1) is 10.9 Å². The van der Waals surface area contributed by atoms with Crippen LogP contribution in [0.15, 0.2) is 71.6 Å². The number of nitrogen functional groups attached to an aromatic ring is 1. The van der Waals surface area contributed by atoms with Crippen LogP contribution >= 0.6 is 15.9 Å². The molecule has 1 saturated heterocycles. The van der Waals surface area contributed by atoms with Crippen LogP contribution in [-0.4, -0.2) is 48.3 Å². The van der Waals surface area contributed by atoms with Crippen LogP contribution in [0.3, 0.4) is 0 Å². The summed E-state index contributed by atoms with van der Waals surface area (Å²) in [7, 11) is 0. The molecule has 2 fully saturated rings. The number of halogens is 2. The summed E-state index contributed by atoms with van der Waals surface area (Å²) in [4.78, 5) is 42.1. The van der Waals surface area contributed by atoms with E-state index in [2.05, 4.69) is 43.1 Å². The van der Waals surface area contributed by atoms with E-state index < -0.39 is 6.04 Å². The first-order valence-electron chi connectivity index (χ1n) is 13.2. The van der Waals surface area contributed by atoms with Gasteiger partial charge in [0, 0.05) is 11.4 Å². The standard InChI is InChI=1S/C30H25BrFN7O2/c1-30-12-21(29(41)37-24-4-2-3-23(31)36-24)39(22(30)13-30)25(40)14-38-20-10-7-17(16-5-8-18(32)9-6-16)11-19(20)26-27(33)34-15-35-28(26)38/h2-11,15,21-22H,12-14H2,1H3,(H2,33,34,35)(H,36,37,41)/t21-,22+,30-/m0/s1. The van der Waals surface area contributed by atoms with Crippen LogP contribution in [0.4, 0.5) is 16.0 Å². The lowest BCUT2D eigenvalue weighted by atomic mass is 10.0. The maximum Gasteiger partial charge on any atom is 0.248 e. The minimum atomic E-state index is -0.607. The van der Waals surface area contributed by atoms with Crippen molar-refractivity contribution in [1.82, 2.24) is 24.4 Å². The highest BCUT2D eigenvalue weighted by Gasteiger charge is 2.64. The number of carbonyl (C=O) groups excluding carboxylic acids is 2. The fraction of sp³-hybridized carbons (Fsp3) is 0.233. The van der Waals surface area contributed by atoms with Crippen LogP contribution in [-0.2, 0) is 16.1 Å². The lowest BCUT2D eigenvalue weighted by molar-refractivity contribution is -0.138. The normalized spacial score (nSPS) is 21.3. The number of hydrogen-bond acceptors (Lipinski definition) is 6. The zero-order valence-electron chi connectivity index (χ0n) is 22.0. The molecule has 9 nitrogen and oxygen atoms in total. The molecule has 3 N–H and O–H groups in total. The van der Waals surface area contributed by atoms with Crippen molar-refractivity contribution in [3.8, 4) is 11.1 Å². The molecule has 41 heavy (non-hydrogen) atoms. The number of piperidine rings is 1. The monoisotopic (exact) mass is 613 g/mol. The molecule has 0 unspecified atom stereocenters. The van der Waals surface area contributed by atoms with Crippen LogP contribution in [0.2, 0.25) is 0 Å². The average molecular weight is 614 g/mol. The first kappa shape index (κ1) is 25.6. The van der Waals surface area contributed by atoms with Crippen molar-refractivity contribution in [3.63, 3.8) is 0 Å². The molecule has 2 amide bonds. The van der Waals surface area contributed by atoms with E-state index in [-0.39, 0.29) is 35.6 Å². The van der Waals surface area contributed by atoms with Crippen molar-refractivity contribution in [3.05, 3.63) is 77.4 Å².